The topological polar surface area (TPSA) is 43.8 Å². The summed E-state index contributed by atoms with van der Waals surface area (Å²) in [5, 5.41) is 8.98. The van der Waals surface area contributed by atoms with Gasteiger partial charge in [-0.25, -0.2) is 0 Å². The van der Waals surface area contributed by atoms with Crippen LogP contribution in [0, 0.1) is 5.92 Å². The molecule has 3 rings (SSSR count). The Morgan fingerprint density at radius 2 is 2.04 bits per heavy atom. The van der Waals surface area contributed by atoms with E-state index >= 15 is 0 Å². The molecule has 1 saturated carbocycles. The van der Waals surface area contributed by atoms with Crippen molar-refractivity contribution in [2.75, 3.05) is 26.2 Å². The van der Waals surface area contributed by atoms with Crippen molar-refractivity contribution in [2.24, 2.45) is 5.92 Å². The van der Waals surface area contributed by atoms with E-state index in [1.807, 2.05) is 11.8 Å². The van der Waals surface area contributed by atoms with Gasteiger partial charge in [0.1, 0.15) is 0 Å². The minimum Gasteiger partial charge on any atom is -0.480 e. The SMILES string of the molecule is CC1CN([C@@H](c2cccc(C(F)(F)F)c2)C2CC2)CCN1CC(=O)O. The first-order chi connectivity index (χ1) is 11.8. The zero-order valence-electron chi connectivity index (χ0n) is 14.2. The lowest BCUT2D eigenvalue weighted by Crippen LogP contribution is -2.54. The zero-order valence-corrected chi connectivity index (χ0v) is 14.2. The molecule has 2 aliphatic rings. The van der Waals surface area contributed by atoms with Gasteiger partial charge in [0.15, 0.2) is 0 Å². The van der Waals surface area contributed by atoms with Crippen LogP contribution in [-0.2, 0) is 11.0 Å². The van der Waals surface area contributed by atoms with Crippen molar-refractivity contribution in [3.8, 4) is 0 Å². The highest BCUT2D eigenvalue weighted by molar-refractivity contribution is 5.69. The first kappa shape index (κ1) is 18.2. The van der Waals surface area contributed by atoms with Crippen molar-refractivity contribution in [1.29, 1.82) is 0 Å². The molecule has 1 aromatic rings. The summed E-state index contributed by atoms with van der Waals surface area (Å²) in [6.07, 6.45) is -2.27. The summed E-state index contributed by atoms with van der Waals surface area (Å²) in [5.74, 6) is -0.460. The van der Waals surface area contributed by atoms with Gasteiger partial charge in [-0.05, 0) is 43.4 Å². The average molecular weight is 356 g/mol. The van der Waals surface area contributed by atoms with Crippen molar-refractivity contribution in [2.45, 2.75) is 38.0 Å². The number of hydrogen-bond acceptors (Lipinski definition) is 3. The molecule has 1 aromatic carbocycles. The Labute approximate surface area is 145 Å². The van der Waals surface area contributed by atoms with E-state index in [2.05, 4.69) is 4.90 Å². The molecule has 2 atom stereocenters. The maximum atomic E-state index is 13.0. The molecular formula is C18H23F3N2O2. The first-order valence-corrected chi connectivity index (χ1v) is 8.63. The molecule has 0 amide bonds. The van der Waals surface area contributed by atoms with Crippen LogP contribution in [0.15, 0.2) is 24.3 Å². The van der Waals surface area contributed by atoms with Crippen LogP contribution in [0.3, 0.4) is 0 Å². The first-order valence-electron chi connectivity index (χ1n) is 8.63. The number of piperazine rings is 1. The van der Waals surface area contributed by atoms with E-state index in [-0.39, 0.29) is 18.6 Å². The third-order valence-electron chi connectivity index (χ3n) is 5.15. The minimum atomic E-state index is -4.34. The van der Waals surface area contributed by atoms with Crippen molar-refractivity contribution in [1.82, 2.24) is 9.80 Å². The number of carboxylic acids is 1. The predicted octanol–water partition coefficient (Wildman–Crippen LogP) is 3.25. The number of rotatable bonds is 5. The number of carboxylic acid groups (broad SMARTS) is 1. The maximum absolute atomic E-state index is 13.0. The van der Waals surface area contributed by atoms with Gasteiger partial charge in [-0.3, -0.25) is 14.6 Å². The van der Waals surface area contributed by atoms with Gasteiger partial charge in [0, 0.05) is 31.7 Å². The van der Waals surface area contributed by atoms with Gasteiger partial charge in [0.05, 0.1) is 12.1 Å². The molecule has 25 heavy (non-hydrogen) atoms. The molecule has 0 bridgehead atoms. The fraction of sp³-hybridized carbons (Fsp3) is 0.611. The van der Waals surface area contributed by atoms with Gasteiger partial charge in [0.25, 0.3) is 0 Å². The van der Waals surface area contributed by atoms with Crippen molar-refractivity contribution < 1.29 is 23.1 Å². The molecule has 7 heteroatoms. The van der Waals surface area contributed by atoms with Crippen LogP contribution in [-0.4, -0.2) is 53.1 Å². The third kappa shape index (κ3) is 4.33. The monoisotopic (exact) mass is 356 g/mol. The van der Waals surface area contributed by atoms with Crippen LogP contribution < -0.4 is 0 Å². The predicted molar refractivity (Wildman–Crippen MR) is 87.2 cm³/mol. The highest BCUT2D eigenvalue weighted by Gasteiger charge is 2.40. The van der Waals surface area contributed by atoms with E-state index in [1.165, 1.54) is 12.1 Å². The summed E-state index contributed by atoms with van der Waals surface area (Å²) in [6.45, 7) is 3.95. The van der Waals surface area contributed by atoms with Crippen molar-refractivity contribution >= 4 is 5.97 Å². The second-order valence-corrected chi connectivity index (χ2v) is 7.11. The normalized spacial score (nSPS) is 24.2. The van der Waals surface area contributed by atoms with E-state index in [0.717, 1.165) is 24.5 Å². The Morgan fingerprint density at radius 3 is 2.60 bits per heavy atom. The molecule has 2 fully saturated rings. The fourth-order valence-corrected chi connectivity index (χ4v) is 3.78. The number of alkyl halides is 3. The number of aliphatic carboxylic acids is 1. The number of nitrogens with zero attached hydrogens (tertiary/aromatic N) is 2. The Morgan fingerprint density at radius 1 is 1.32 bits per heavy atom. The minimum absolute atomic E-state index is 0.00661. The van der Waals surface area contributed by atoms with Crippen molar-refractivity contribution in [3.05, 3.63) is 35.4 Å². The zero-order chi connectivity index (χ0) is 18.2. The van der Waals surface area contributed by atoms with Crippen LogP contribution >= 0.6 is 0 Å². The Balaban J connectivity index is 1.78. The van der Waals surface area contributed by atoms with Crippen LogP contribution in [0.1, 0.15) is 36.9 Å². The molecule has 1 aliphatic heterocycles. The molecule has 4 nitrogen and oxygen atoms in total. The van der Waals surface area contributed by atoms with Gasteiger partial charge >= 0.3 is 12.1 Å². The fourth-order valence-electron chi connectivity index (χ4n) is 3.78. The molecule has 0 radical (unpaired) electrons. The number of benzene rings is 1. The Hall–Kier alpha value is -1.60. The summed E-state index contributed by atoms with van der Waals surface area (Å²) in [4.78, 5) is 15.1. The van der Waals surface area contributed by atoms with Gasteiger partial charge < -0.3 is 5.11 Å². The molecule has 1 unspecified atom stereocenters. The standard InChI is InChI=1S/C18H23F3N2O2/c1-12-10-23(8-7-22(12)11-16(24)25)17(13-5-6-13)14-3-2-4-15(9-14)18(19,20)21/h2-4,9,12-13,17H,5-8,10-11H2,1H3,(H,24,25)/t12?,17-/m1/s1. The second-order valence-electron chi connectivity index (χ2n) is 7.11. The van der Waals surface area contributed by atoms with E-state index in [0.29, 0.717) is 25.6 Å². The van der Waals surface area contributed by atoms with Crippen LogP contribution in [0.2, 0.25) is 0 Å². The molecule has 0 aromatic heterocycles. The van der Waals surface area contributed by atoms with Gasteiger partial charge in [-0.15, -0.1) is 0 Å². The molecular weight excluding hydrogens is 333 g/mol. The Bertz CT molecular complexity index is 631. The second kappa shape index (κ2) is 6.96. The molecule has 1 saturated heterocycles. The summed E-state index contributed by atoms with van der Waals surface area (Å²) in [6, 6.07) is 5.70. The largest absolute Gasteiger partial charge is 0.480 e. The lowest BCUT2D eigenvalue weighted by atomic mass is 9.96. The lowest BCUT2D eigenvalue weighted by molar-refractivity contribution is -0.139. The van der Waals surface area contributed by atoms with Crippen LogP contribution in [0.25, 0.3) is 0 Å². The highest BCUT2D eigenvalue weighted by atomic mass is 19.4. The van der Waals surface area contributed by atoms with Crippen LogP contribution in [0.4, 0.5) is 13.2 Å². The molecule has 1 heterocycles. The van der Waals surface area contributed by atoms with E-state index < -0.39 is 17.7 Å². The number of hydrogen-bond donors (Lipinski definition) is 1. The summed E-state index contributed by atoms with van der Waals surface area (Å²) >= 11 is 0. The van der Waals surface area contributed by atoms with Gasteiger partial charge in [0.2, 0.25) is 0 Å². The maximum Gasteiger partial charge on any atom is 0.416 e. The van der Waals surface area contributed by atoms with E-state index in [1.54, 1.807) is 6.07 Å². The van der Waals surface area contributed by atoms with Crippen molar-refractivity contribution in [3.63, 3.8) is 0 Å². The molecule has 1 aliphatic carbocycles. The smallest absolute Gasteiger partial charge is 0.416 e. The third-order valence-corrected chi connectivity index (χ3v) is 5.15. The summed E-state index contributed by atoms with van der Waals surface area (Å²) < 4.78 is 39.1. The van der Waals surface area contributed by atoms with Crippen LogP contribution in [0.5, 0.6) is 0 Å². The summed E-state index contributed by atoms with van der Waals surface area (Å²) in [7, 11) is 0. The summed E-state index contributed by atoms with van der Waals surface area (Å²) in [5.41, 5.74) is 0.115. The highest BCUT2D eigenvalue weighted by Crippen LogP contribution is 2.46. The number of carbonyl (C=O) groups is 1. The average Bonchev–Trinajstić information content (AvgIpc) is 3.34. The Kier molecular flexibility index (Phi) is 5.06. The van der Waals surface area contributed by atoms with E-state index in [9.17, 15) is 18.0 Å². The number of halogens is 3. The van der Waals surface area contributed by atoms with Gasteiger partial charge in [-0.2, -0.15) is 13.2 Å². The molecule has 138 valence electrons. The lowest BCUT2D eigenvalue weighted by Gasteiger charge is -2.43. The van der Waals surface area contributed by atoms with E-state index in [4.69, 9.17) is 5.11 Å². The molecule has 1 N–H and O–H groups in total. The van der Waals surface area contributed by atoms with Gasteiger partial charge in [-0.1, -0.05) is 12.1 Å². The quantitative estimate of drug-likeness (QED) is 0.880. The molecule has 0 spiro atoms.